The zero-order valence-electron chi connectivity index (χ0n) is 11.2. The average Bonchev–Trinajstić information content (AvgIpc) is 2.73. The van der Waals surface area contributed by atoms with Gasteiger partial charge in [0.15, 0.2) is 0 Å². The van der Waals surface area contributed by atoms with E-state index in [0.717, 1.165) is 5.57 Å². The van der Waals surface area contributed by atoms with E-state index < -0.39 is 5.91 Å². The Balaban J connectivity index is 2.13. The minimum absolute atomic E-state index is 0.182. The van der Waals surface area contributed by atoms with Crippen molar-refractivity contribution >= 4 is 23.2 Å². The Morgan fingerprint density at radius 3 is 2.45 bits per heavy atom. The summed E-state index contributed by atoms with van der Waals surface area (Å²) in [4.78, 5) is 27.4. The van der Waals surface area contributed by atoms with Gasteiger partial charge in [0.05, 0.1) is 12.2 Å². The maximum Gasteiger partial charge on any atom is 0.275 e. The van der Waals surface area contributed by atoms with E-state index >= 15 is 0 Å². The lowest BCUT2D eigenvalue weighted by Crippen LogP contribution is -2.32. The highest BCUT2D eigenvalue weighted by Crippen LogP contribution is 2.15. The SMILES string of the molecule is CC(=O)NC1=C(C)CN=C1C(=O)Nc1ccc(F)cc1. The smallest absolute Gasteiger partial charge is 0.275 e. The molecule has 6 heteroatoms. The van der Waals surface area contributed by atoms with Crippen molar-refractivity contribution in [1.29, 1.82) is 0 Å². The highest BCUT2D eigenvalue weighted by Gasteiger charge is 2.24. The molecule has 1 aromatic rings. The molecule has 1 aliphatic rings. The van der Waals surface area contributed by atoms with Gasteiger partial charge in [-0.05, 0) is 36.8 Å². The molecule has 0 aromatic heterocycles. The van der Waals surface area contributed by atoms with Crippen LogP contribution in [-0.4, -0.2) is 24.1 Å². The van der Waals surface area contributed by atoms with Gasteiger partial charge in [-0.2, -0.15) is 0 Å². The van der Waals surface area contributed by atoms with E-state index in [2.05, 4.69) is 15.6 Å². The van der Waals surface area contributed by atoms with E-state index in [0.29, 0.717) is 17.9 Å². The Hall–Kier alpha value is -2.50. The minimum atomic E-state index is -0.433. The van der Waals surface area contributed by atoms with E-state index in [4.69, 9.17) is 0 Å². The van der Waals surface area contributed by atoms with Crippen LogP contribution in [0.5, 0.6) is 0 Å². The molecule has 0 saturated heterocycles. The first-order chi connectivity index (χ1) is 9.47. The van der Waals surface area contributed by atoms with Crippen molar-refractivity contribution in [1.82, 2.24) is 5.32 Å². The number of benzene rings is 1. The fourth-order valence-electron chi connectivity index (χ4n) is 1.81. The molecule has 2 rings (SSSR count). The van der Waals surface area contributed by atoms with Crippen molar-refractivity contribution in [3.63, 3.8) is 0 Å². The van der Waals surface area contributed by atoms with Crippen molar-refractivity contribution in [2.24, 2.45) is 4.99 Å². The lowest BCUT2D eigenvalue weighted by atomic mass is 10.2. The molecule has 0 aliphatic carbocycles. The average molecular weight is 275 g/mol. The maximum absolute atomic E-state index is 12.8. The Bertz CT molecular complexity index is 618. The van der Waals surface area contributed by atoms with Crippen LogP contribution in [0.2, 0.25) is 0 Å². The second-order valence-electron chi connectivity index (χ2n) is 4.46. The van der Waals surface area contributed by atoms with Gasteiger partial charge in [0.2, 0.25) is 5.91 Å². The van der Waals surface area contributed by atoms with Crippen molar-refractivity contribution in [2.45, 2.75) is 13.8 Å². The van der Waals surface area contributed by atoms with Crippen LogP contribution in [0.25, 0.3) is 0 Å². The number of hydrogen-bond acceptors (Lipinski definition) is 3. The van der Waals surface area contributed by atoms with E-state index in [1.54, 1.807) is 6.92 Å². The second-order valence-corrected chi connectivity index (χ2v) is 4.46. The summed E-state index contributed by atoms with van der Waals surface area (Å²) in [6.07, 6.45) is 0. The third-order valence-electron chi connectivity index (χ3n) is 2.76. The molecule has 0 atom stereocenters. The third kappa shape index (κ3) is 3.09. The molecular formula is C14H14FN3O2. The molecule has 20 heavy (non-hydrogen) atoms. The largest absolute Gasteiger partial charge is 0.324 e. The molecular weight excluding hydrogens is 261 g/mol. The first-order valence-corrected chi connectivity index (χ1v) is 6.06. The summed E-state index contributed by atoms with van der Waals surface area (Å²) in [5.74, 6) is -1.07. The Morgan fingerprint density at radius 1 is 1.20 bits per heavy atom. The maximum atomic E-state index is 12.8. The molecule has 104 valence electrons. The monoisotopic (exact) mass is 275 g/mol. The molecule has 0 bridgehead atoms. The van der Waals surface area contributed by atoms with E-state index in [1.807, 2.05) is 0 Å². The number of nitrogens with zero attached hydrogens (tertiary/aromatic N) is 1. The Morgan fingerprint density at radius 2 is 1.85 bits per heavy atom. The second kappa shape index (κ2) is 5.64. The Labute approximate surface area is 115 Å². The summed E-state index contributed by atoms with van der Waals surface area (Å²) < 4.78 is 12.8. The van der Waals surface area contributed by atoms with Crippen LogP contribution in [0.3, 0.4) is 0 Å². The molecule has 1 aromatic carbocycles. The van der Waals surface area contributed by atoms with Gasteiger partial charge < -0.3 is 10.6 Å². The number of hydrogen-bond donors (Lipinski definition) is 2. The topological polar surface area (TPSA) is 70.6 Å². The number of carbonyl (C=O) groups is 2. The molecule has 2 N–H and O–H groups in total. The highest BCUT2D eigenvalue weighted by atomic mass is 19.1. The summed E-state index contributed by atoms with van der Waals surface area (Å²) in [5, 5.41) is 5.22. The van der Waals surface area contributed by atoms with Gasteiger partial charge in [0, 0.05) is 12.6 Å². The van der Waals surface area contributed by atoms with Crippen molar-refractivity contribution in [3.05, 3.63) is 41.4 Å². The van der Waals surface area contributed by atoms with Crippen LogP contribution in [0.1, 0.15) is 13.8 Å². The van der Waals surface area contributed by atoms with Crippen LogP contribution >= 0.6 is 0 Å². The van der Waals surface area contributed by atoms with Gasteiger partial charge in [-0.1, -0.05) is 0 Å². The molecule has 0 spiro atoms. The molecule has 0 saturated carbocycles. The highest BCUT2D eigenvalue weighted by molar-refractivity contribution is 6.49. The molecule has 2 amide bonds. The number of amides is 2. The number of rotatable bonds is 3. The van der Waals surface area contributed by atoms with Crippen LogP contribution < -0.4 is 10.6 Å². The number of carbonyl (C=O) groups excluding carboxylic acids is 2. The fourth-order valence-corrected chi connectivity index (χ4v) is 1.81. The summed E-state index contributed by atoms with van der Waals surface area (Å²) in [6.45, 7) is 3.54. The molecule has 5 nitrogen and oxygen atoms in total. The zero-order chi connectivity index (χ0) is 14.7. The predicted octanol–water partition coefficient (Wildman–Crippen LogP) is 1.63. The molecule has 0 fully saturated rings. The van der Waals surface area contributed by atoms with Gasteiger partial charge in [-0.15, -0.1) is 0 Å². The molecule has 0 unspecified atom stereocenters. The van der Waals surface area contributed by atoms with Crippen molar-refractivity contribution < 1.29 is 14.0 Å². The molecule has 1 aliphatic heterocycles. The number of nitrogens with one attached hydrogen (secondary N) is 2. The van der Waals surface area contributed by atoms with Crippen LogP contribution in [0.4, 0.5) is 10.1 Å². The van der Waals surface area contributed by atoms with E-state index in [-0.39, 0.29) is 17.4 Å². The van der Waals surface area contributed by atoms with Crippen LogP contribution in [0.15, 0.2) is 40.5 Å². The van der Waals surface area contributed by atoms with Crippen LogP contribution in [0, 0.1) is 5.82 Å². The summed E-state index contributed by atoms with van der Waals surface area (Å²) in [7, 11) is 0. The van der Waals surface area contributed by atoms with Gasteiger partial charge in [0.1, 0.15) is 11.5 Å². The minimum Gasteiger partial charge on any atom is -0.324 e. The molecule has 1 heterocycles. The van der Waals surface area contributed by atoms with Crippen LogP contribution in [-0.2, 0) is 9.59 Å². The van der Waals surface area contributed by atoms with Gasteiger partial charge >= 0.3 is 0 Å². The molecule has 0 radical (unpaired) electrons. The summed E-state index contributed by atoms with van der Waals surface area (Å²) >= 11 is 0. The normalized spacial score (nSPS) is 14.1. The number of anilines is 1. The Kier molecular flexibility index (Phi) is 3.93. The quantitative estimate of drug-likeness (QED) is 0.880. The number of halogens is 1. The standard InChI is InChI=1S/C14H14FN3O2/c1-8-7-16-13(12(8)17-9(2)19)14(20)18-11-5-3-10(15)4-6-11/h3-6H,7H2,1-2H3,(H,17,19)(H,18,20). The summed E-state index contributed by atoms with van der Waals surface area (Å²) in [5.41, 5.74) is 1.91. The fraction of sp³-hybridized carbons (Fsp3) is 0.214. The first kappa shape index (κ1) is 13.9. The lowest BCUT2D eigenvalue weighted by molar-refractivity contribution is -0.118. The zero-order valence-corrected chi connectivity index (χ0v) is 11.2. The van der Waals surface area contributed by atoms with Gasteiger partial charge in [0.25, 0.3) is 5.91 Å². The van der Waals surface area contributed by atoms with E-state index in [9.17, 15) is 14.0 Å². The number of aliphatic imine (C=N–C) groups is 1. The first-order valence-electron chi connectivity index (χ1n) is 6.06. The van der Waals surface area contributed by atoms with Gasteiger partial charge in [-0.25, -0.2) is 4.39 Å². The lowest BCUT2D eigenvalue weighted by Gasteiger charge is -2.09. The predicted molar refractivity (Wildman–Crippen MR) is 73.8 cm³/mol. The van der Waals surface area contributed by atoms with Gasteiger partial charge in [-0.3, -0.25) is 14.6 Å². The van der Waals surface area contributed by atoms with E-state index in [1.165, 1.54) is 31.2 Å². The summed E-state index contributed by atoms with van der Waals surface area (Å²) in [6, 6.07) is 5.42. The van der Waals surface area contributed by atoms with Crippen molar-refractivity contribution in [3.8, 4) is 0 Å². The third-order valence-corrected chi connectivity index (χ3v) is 2.76. The van der Waals surface area contributed by atoms with Crippen molar-refractivity contribution in [2.75, 3.05) is 11.9 Å².